The van der Waals surface area contributed by atoms with Crippen molar-refractivity contribution in [3.63, 3.8) is 0 Å². The fourth-order valence-electron chi connectivity index (χ4n) is 2.58. The minimum Gasteiger partial charge on any atom is -0.341 e. The highest BCUT2D eigenvalue weighted by Gasteiger charge is 2.72. The summed E-state index contributed by atoms with van der Waals surface area (Å²) >= 11 is 0. The van der Waals surface area contributed by atoms with Gasteiger partial charge in [0.1, 0.15) is 0 Å². The number of carbonyl (C=O) groups excluding carboxylic acids is 1. The molecule has 1 fully saturated rings. The van der Waals surface area contributed by atoms with Crippen LogP contribution in [0.25, 0.3) is 0 Å². The van der Waals surface area contributed by atoms with E-state index in [9.17, 15) is 31.1 Å². The average Bonchev–Trinajstić information content (AvgIpc) is 2.83. The van der Waals surface area contributed by atoms with Crippen LogP contribution >= 0.6 is 0 Å². The average molecular weight is 334 g/mol. The van der Waals surface area contributed by atoms with Crippen LogP contribution < -0.4 is 5.73 Å². The quantitative estimate of drug-likeness (QED) is 0.599. The molecule has 0 aromatic rings. The first-order valence-corrected chi connectivity index (χ1v) is 7.16. The van der Waals surface area contributed by atoms with Gasteiger partial charge in [0.15, 0.2) is 5.41 Å². The number of rotatable bonds is 6. The van der Waals surface area contributed by atoms with E-state index >= 15 is 0 Å². The predicted octanol–water partition coefficient (Wildman–Crippen LogP) is 3.24. The Kier molecular flexibility index (Phi) is 6.11. The van der Waals surface area contributed by atoms with Crippen molar-refractivity contribution in [2.75, 3.05) is 19.6 Å². The molecular formula is C13H20F6N2O. The number of amides is 1. The van der Waals surface area contributed by atoms with Gasteiger partial charge >= 0.3 is 12.4 Å². The van der Waals surface area contributed by atoms with Gasteiger partial charge in [-0.3, -0.25) is 4.79 Å². The maximum absolute atomic E-state index is 12.9. The van der Waals surface area contributed by atoms with E-state index in [2.05, 4.69) is 0 Å². The van der Waals surface area contributed by atoms with Crippen molar-refractivity contribution in [1.29, 1.82) is 0 Å². The molecule has 0 aromatic heterocycles. The van der Waals surface area contributed by atoms with E-state index in [0.29, 0.717) is 24.3 Å². The summed E-state index contributed by atoms with van der Waals surface area (Å²) in [6, 6.07) is 0. The molecule has 1 heterocycles. The molecule has 3 nitrogen and oxygen atoms in total. The highest BCUT2D eigenvalue weighted by molar-refractivity contribution is 5.76. The number of unbranched alkanes of at least 4 members (excludes halogenated alkanes) is 3. The zero-order valence-corrected chi connectivity index (χ0v) is 12.1. The van der Waals surface area contributed by atoms with Crippen molar-refractivity contribution in [2.24, 2.45) is 11.1 Å². The highest BCUT2D eigenvalue weighted by Crippen LogP contribution is 2.55. The lowest BCUT2D eigenvalue weighted by Crippen LogP contribution is -2.52. The molecule has 2 N–H and O–H groups in total. The highest BCUT2D eigenvalue weighted by atomic mass is 19.4. The third kappa shape index (κ3) is 4.05. The Morgan fingerprint density at radius 2 is 1.55 bits per heavy atom. The van der Waals surface area contributed by atoms with Crippen molar-refractivity contribution in [2.45, 2.75) is 50.9 Å². The van der Waals surface area contributed by atoms with E-state index < -0.39 is 43.2 Å². The summed E-state index contributed by atoms with van der Waals surface area (Å²) in [6.45, 7) is -1.33. The zero-order chi connectivity index (χ0) is 17.0. The van der Waals surface area contributed by atoms with E-state index in [1.54, 1.807) is 0 Å². The molecule has 0 radical (unpaired) electrons. The molecule has 0 spiro atoms. The maximum atomic E-state index is 12.9. The second-order valence-electron chi connectivity index (χ2n) is 5.60. The van der Waals surface area contributed by atoms with Crippen molar-refractivity contribution in [1.82, 2.24) is 4.90 Å². The SMILES string of the molecule is NCCCCCCC(=O)N1CCC(C(F)(F)F)(C(F)(F)F)C1. The normalized spacial score (nSPS) is 18.8. The second-order valence-corrected chi connectivity index (χ2v) is 5.60. The van der Waals surface area contributed by atoms with Gasteiger partial charge in [-0.2, -0.15) is 26.3 Å². The van der Waals surface area contributed by atoms with Gasteiger partial charge in [0.25, 0.3) is 0 Å². The van der Waals surface area contributed by atoms with Gasteiger partial charge in [-0.05, 0) is 25.8 Å². The number of hydrogen-bond acceptors (Lipinski definition) is 2. The third-order valence-electron chi connectivity index (χ3n) is 4.05. The van der Waals surface area contributed by atoms with Crippen LogP contribution in [-0.4, -0.2) is 42.8 Å². The summed E-state index contributed by atoms with van der Waals surface area (Å²) in [5, 5.41) is 0. The Morgan fingerprint density at radius 3 is 2.00 bits per heavy atom. The minimum absolute atomic E-state index is 0.0314. The molecule has 1 aliphatic rings. The lowest BCUT2D eigenvalue weighted by atomic mass is 9.85. The maximum Gasteiger partial charge on any atom is 0.404 e. The monoisotopic (exact) mass is 334 g/mol. The first-order chi connectivity index (χ1) is 10.0. The molecule has 1 rings (SSSR count). The largest absolute Gasteiger partial charge is 0.404 e. The topological polar surface area (TPSA) is 46.3 Å². The smallest absolute Gasteiger partial charge is 0.341 e. The van der Waals surface area contributed by atoms with E-state index in [-0.39, 0.29) is 6.42 Å². The van der Waals surface area contributed by atoms with Crippen molar-refractivity contribution in [3.8, 4) is 0 Å². The number of hydrogen-bond donors (Lipinski definition) is 1. The molecular weight excluding hydrogens is 314 g/mol. The van der Waals surface area contributed by atoms with Crippen LogP contribution in [0.15, 0.2) is 0 Å². The number of halogens is 6. The van der Waals surface area contributed by atoms with Gasteiger partial charge < -0.3 is 10.6 Å². The first kappa shape index (κ1) is 19.1. The van der Waals surface area contributed by atoms with Crippen LogP contribution in [0.5, 0.6) is 0 Å². The van der Waals surface area contributed by atoms with E-state index in [0.717, 1.165) is 12.8 Å². The molecule has 130 valence electrons. The Balaban J connectivity index is 2.61. The van der Waals surface area contributed by atoms with Crippen LogP contribution in [-0.2, 0) is 4.79 Å². The van der Waals surface area contributed by atoms with Gasteiger partial charge in [0.05, 0.1) is 0 Å². The number of likely N-dealkylation sites (tertiary alicyclic amines) is 1. The van der Waals surface area contributed by atoms with Gasteiger partial charge in [0, 0.05) is 19.5 Å². The molecule has 1 aliphatic heterocycles. The fourth-order valence-corrected chi connectivity index (χ4v) is 2.58. The summed E-state index contributed by atoms with van der Waals surface area (Å²) in [5.41, 5.74) is 1.50. The third-order valence-corrected chi connectivity index (χ3v) is 4.05. The first-order valence-electron chi connectivity index (χ1n) is 7.16. The molecule has 0 saturated carbocycles. The Bertz CT molecular complexity index is 366. The van der Waals surface area contributed by atoms with E-state index in [1.807, 2.05) is 0 Å². The molecule has 0 aromatic carbocycles. The molecule has 1 amide bonds. The predicted molar refractivity (Wildman–Crippen MR) is 67.9 cm³/mol. The van der Waals surface area contributed by atoms with Gasteiger partial charge in [-0.15, -0.1) is 0 Å². The van der Waals surface area contributed by atoms with E-state index in [1.165, 1.54) is 0 Å². The number of nitrogens with two attached hydrogens (primary N) is 1. The standard InChI is InChI=1S/C13H20F6N2O/c14-12(15,16)11(13(17,18)19)6-8-21(9-11)10(22)5-3-1-2-4-7-20/h1-9,20H2. The van der Waals surface area contributed by atoms with Crippen LogP contribution in [0.2, 0.25) is 0 Å². The number of carbonyl (C=O) groups is 1. The molecule has 1 saturated heterocycles. The van der Waals surface area contributed by atoms with Gasteiger partial charge in [-0.1, -0.05) is 12.8 Å². The van der Waals surface area contributed by atoms with Crippen LogP contribution in [0.1, 0.15) is 38.5 Å². The summed E-state index contributed by atoms with van der Waals surface area (Å²) < 4.78 is 77.2. The molecule has 0 atom stereocenters. The summed E-state index contributed by atoms with van der Waals surface area (Å²) in [4.78, 5) is 12.5. The van der Waals surface area contributed by atoms with Crippen molar-refractivity contribution >= 4 is 5.91 Å². The molecule has 9 heteroatoms. The molecule has 22 heavy (non-hydrogen) atoms. The van der Waals surface area contributed by atoms with E-state index in [4.69, 9.17) is 5.73 Å². The molecule has 0 bridgehead atoms. The Hall–Kier alpha value is -0.990. The summed E-state index contributed by atoms with van der Waals surface area (Å²) in [7, 11) is 0. The molecule has 0 aliphatic carbocycles. The Labute approximate surface area is 124 Å². The lowest BCUT2D eigenvalue weighted by molar-refractivity contribution is -0.334. The summed E-state index contributed by atoms with van der Waals surface area (Å²) in [5.74, 6) is -0.650. The summed E-state index contributed by atoms with van der Waals surface area (Å²) in [6.07, 6.45) is -9.29. The minimum atomic E-state index is -5.42. The second kappa shape index (κ2) is 7.06. The molecule has 0 unspecified atom stereocenters. The van der Waals surface area contributed by atoms with Gasteiger partial charge in [0.2, 0.25) is 5.91 Å². The van der Waals surface area contributed by atoms with Gasteiger partial charge in [-0.25, -0.2) is 0 Å². The fraction of sp³-hybridized carbons (Fsp3) is 0.923. The Morgan fingerprint density at radius 1 is 1.00 bits per heavy atom. The zero-order valence-electron chi connectivity index (χ0n) is 12.1. The van der Waals surface area contributed by atoms with Crippen molar-refractivity contribution < 1.29 is 31.1 Å². The van der Waals surface area contributed by atoms with Crippen LogP contribution in [0.3, 0.4) is 0 Å². The number of alkyl halides is 6. The van der Waals surface area contributed by atoms with Crippen LogP contribution in [0.4, 0.5) is 26.3 Å². The van der Waals surface area contributed by atoms with Crippen LogP contribution in [0, 0.1) is 5.41 Å². The number of nitrogens with zero attached hydrogens (tertiary/aromatic N) is 1. The lowest BCUT2D eigenvalue weighted by Gasteiger charge is -2.33. The van der Waals surface area contributed by atoms with Crippen molar-refractivity contribution in [3.05, 3.63) is 0 Å².